The minimum Gasteiger partial charge on any atom is -0.468 e. The van der Waals surface area contributed by atoms with Crippen molar-refractivity contribution < 1.29 is 9.53 Å². The van der Waals surface area contributed by atoms with Gasteiger partial charge in [0.15, 0.2) is 5.16 Å². The van der Waals surface area contributed by atoms with Gasteiger partial charge in [0.25, 0.3) is 5.56 Å². The van der Waals surface area contributed by atoms with E-state index in [0.29, 0.717) is 10.9 Å². The van der Waals surface area contributed by atoms with Crippen LogP contribution in [0.3, 0.4) is 0 Å². The van der Waals surface area contributed by atoms with Gasteiger partial charge in [0, 0.05) is 11.6 Å². The number of nitrogens with one attached hydrogen (secondary N) is 1. The summed E-state index contributed by atoms with van der Waals surface area (Å²) >= 11 is 1.16. The van der Waals surface area contributed by atoms with Crippen LogP contribution in [0.2, 0.25) is 0 Å². The molecule has 0 saturated carbocycles. The summed E-state index contributed by atoms with van der Waals surface area (Å²) < 4.78 is 4.65. The van der Waals surface area contributed by atoms with Gasteiger partial charge in [0.1, 0.15) is 5.25 Å². The second-order valence-electron chi connectivity index (χ2n) is 4.09. The fourth-order valence-corrected chi connectivity index (χ4v) is 2.47. The zero-order chi connectivity index (χ0) is 14.5. The Morgan fingerprint density at radius 3 is 2.70 bits per heavy atom. The van der Waals surface area contributed by atoms with Crippen molar-refractivity contribution in [3.63, 3.8) is 0 Å². The minimum absolute atomic E-state index is 0.251. The molecule has 1 aromatic heterocycles. The van der Waals surface area contributed by atoms with Crippen LogP contribution in [0, 0.1) is 0 Å². The van der Waals surface area contributed by atoms with Crippen LogP contribution in [0.25, 0.3) is 11.3 Å². The largest absolute Gasteiger partial charge is 0.468 e. The Morgan fingerprint density at radius 2 is 2.05 bits per heavy atom. The third-order valence-electron chi connectivity index (χ3n) is 2.61. The number of H-pyrrole nitrogens is 1. The molecule has 1 aromatic carbocycles. The Hall–Kier alpha value is -2.08. The molecule has 1 atom stereocenters. The molecule has 0 aliphatic heterocycles. The normalized spacial score (nSPS) is 11.9. The predicted octanol–water partition coefficient (Wildman–Crippen LogP) is 2.09. The van der Waals surface area contributed by atoms with Crippen LogP contribution < -0.4 is 5.56 Å². The highest BCUT2D eigenvalue weighted by atomic mass is 32.2. The number of hydrogen-bond acceptors (Lipinski definition) is 5. The SMILES string of the molecule is COC(=O)C(C)Sc1nc(-c2ccccc2)cc(=O)[nH]1. The molecule has 20 heavy (non-hydrogen) atoms. The summed E-state index contributed by atoms with van der Waals surface area (Å²) in [4.78, 5) is 30.0. The van der Waals surface area contributed by atoms with E-state index in [1.165, 1.54) is 13.2 Å². The molecule has 2 aromatic rings. The van der Waals surface area contributed by atoms with Gasteiger partial charge in [-0.25, -0.2) is 4.98 Å². The van der Waals surface area contributed by atoms with Crippen molar-refractivity contribution in [2.24, 2.45) is 0 Å². The van der Waals surface area contributed by atoms with Crippen molar-refractivity contribution in [1.29, 1.82) is 0 Å². The average molecular weight is 290 g/mol. The van der Waals surface area contributed by atoms with E-state index in [-0.39, 0.29) is 11.5 Å². The smallest absolute Gasteiger partial charge is 0.318 e. The Balaban J connectivity index is 2.30. The zero-order valence-electron chi connectivity index (χ0n) is 11.1. The van der Waals surface area contributed by atoms with Crippen molar-refractivity contribution in [1.82, 2.24) is 9.97 Å². The third kappa shape index (κ3) is 3.48. The van der Waals surface area contributed by atoms with E-state index < -0.39 is 5.25 Å². The molecule has 1 unspecified atom stereocenters. The second-order valence-corrected chi connectivity index (χ2v) is 5.41. The van der Waals surface area contributed by atoms with E-state index in [2.05, 4.69) is 14.7 Å². The molecule has 0 spiro atoms. The lowest BCUT2D eigenvalue weighted by Gasteiger charge is -2.08. The lowest BCUT2D eigenvalue weighted by Crippen LogP contribution is -2.16. The van der Waals surface area contributed by atoms with Gasteiger partial charge in [0.05, 0.1) is 12.8 Å². The lowest BCUT2D eigenvalue weighted by molar-refractivity contribution is -0.139. The maximum absolute atomic E-state index is 11.7. The molecule has 2 rings (SSSR count). The number of hydrogen-bond donors (Lipinski definition) is 1. The van der Waals surface area contributed by atoms with Gasteiger partial charge in [0.2, 0.25) is 0 Å². The molecule has 0 aliphatic rings. The van der Waals surface area contributed by atoms with Gasteiger partial charge in [-0.3, -0.25) is 9.59 Å². The van der Waals surface area contributed by atoms with Crippen molar-refractivity contribution in [3.05, 3.63) is 46.8 Å². The summed E-state index contributed by atoms with van der Waals surface area (Å²) in [6.07, 6.45) is 0. The first kappa shape index (κ1) is 14.3. The van der Waals surface area contributed by atoms with E-state index in [1.54, 1.807) is 6.92 Å². The number of aromatic amines is 1. The van der Waals surface area contributed by atoms with Crippen LogP contribution in [0.4, 0.5) is 0 Å². The van der Waals surface area contributed by atoms with Gasteiger partial charge < -0.3 is 9.72 Å². The summed E-state index contributed by atoms with van der Waals surface area (Å²) in [5.41, 5.74) is 1.18. The maximum Gasteiger partial charge on any atom is 0.318 e. The molecule has 0 saturated heterocycles. The predicted molar refractivity (Wildman–Crippen MR) is 77.6 cm³/mol. The zero-order valence-corrected chi connectivity index (χ0v) is 11.9. The van der Waals surface area contributed by atoms with Gasteiger partial charge in [-0.2, -0.15) is 0 Å². The first-order valence-corrected chi connectivity index (χ1v) is 6.89. The molecule has 0 bridgehead atoms. The molecule has 1 N–H and O–H groups in total. The highest BCUT2D eigenvalue weighted by Crippen LogP contribution is 2.22. The number of benzene rings is 1. The molecular formula is C14H14N2O3S. The number of methoxy groups -OCH3 is 1. The number of rotatable bonds is 4. The van der Waals surface area contributed by atoms with Crippen molar-refractivity contribution in [3.8, 4) is 11.3 Å². The standard InChI is InChI=1S/C14H14N2O3S/c1-9(13(18)19-2)20-14-15-11(8-12(17)16-14)10-6-4-3-5-7-10/h3-9H,1-2H3,(H,15,16,17). The number of carbonyl (C=O) groups is 1. The van der Waals surface area contributed by atoms with Crippen LogP contribution in [-0.2, 0) is 9.53 Å². The Kier molecular flexibility index (Phi) is 4.57. The Bertz CT molecular complexity index is 655. The van der Waals surface area contributed by atoms with E-state index in [0.717, 1.165) is 17.3 Å². The summed E-state index contributed by atoms with van der Waals surface area (Å²) in [6, 6.07) is 10.8. The minimum atomic E-state index is -0.436. The molecule has 1 heterocycles. The molecule has 0 amide bonds. The third-order valence-corrected chi connectivity index (χ3v) is 3.57. The number of carbonyl (C=O) groups excluding carboxylic acids is 1. The van der Waals surface area contributed by atoms with Crippen molar-refractivity contribution in [2.45, 2.75) is 17.3 Å². The van der Waals surface area contributed by atoms with E-state index in [4.69, 9.17) is 0 Å². The first-order chi connectivity index (χ1) is 9.60. The average Bonchev–Trinajstić information content (AvgIpc) is 2.46. The molecule has 6 heteroatoms. The van der Waals surface area contributed by atoms with Crippen molar-refractivity contribution in [2.75, 3.05) is 7.11 Å². The molecule has 0 radical (unpaired) electrons. The Labute approximate surface area is 120 Å². The van der Waals surface area contributed by atoms with Crippen LogP contribution >= 0.6 is 11.8 Å². The number of esters is 1. The fourth-order valence-electron chi connectivity index (χ4n) is 1.63. The Morgan fingerprint density at radius 1 is 1.35 bits per heavy atom. The quantitative estimate of drug-likeness (QED) is 0.530. The van der Waals surface area contributed by atoms with Gasteiger partial charge in [-0.1, -0.05) is 42.1 Å². The molecule has 0 aliphatic carbocycles. The van der Waals surface area contributed by atoms with Gasteiger partial charge in [-0.05, 0) is 6.92 Å². The number of aromatic nitrogens is 2. The summed E-state index contributed by atoms with van der Waals surface area (Å²) in [6.45, 7) is 1.70. The monoisotopic (exact) mass is 290 g/mol. The first-order valence-electron chi connectivity index (χ1n) is 6.01. The number of ether oxygens (including phenoxy) is 1. The molecule has 0 fully saturated rings. The molecule has 5 nitrogen and oxygen atoms in total. The van der Waals surface area contributed by atoms with Gasteiger partial charge >= 0.3 is 5.97 Å². The van der Waals surface area contributed by atoms with Gasteiger partial charge in [-0.15, -0.1) is 0 Å². The highest BCUT2D eigenvalue weighted by molar-refractivity contribution is 8.00. The summed E-state index contributed by atoms with van der Waals surface area (Å²) in [5.74, 6) is -0.359. The number of thioether (sulfide) groups is 1. The van der Waals surface area contributed by atoms with Crippen LogP contribution in [0.5, 0.6) is 0 Å². The van der Waals surface area contributed by atoms with Crippen LogP contribution in [0.15, 0.2) is 46.3 Å². The highest BCUT2D eigenvalue weighted by Gasteiger charge is 2.16. The van der Waals surface area contributed by atoms with E-state index in [9.17, 15) is 9.59 Å². The lowest BCUT2D eigenvalue weighted by atomic mass is 10.1. The summed E-state index contributed by atoms with van der Waals surface area (Å²) in [5, 5.41) is -0.0385. The van der Waals surface area contributed by atoms with Crippen molar-refractivity contribution >= 4 is 17.7 Å². The topological polar surface area (TPSA) is 72.0 Å². The second kappa shape index (κ2) is 6.38. The number of nitrogens with zero attached hydrogens (tertiary/aromatic N) is 1. The van der Waals surface area contributed by atoms with Crippen LogP contribution in [0.1, 0.15) is 6.92 Å². The van der Waals surface area contributed by atoms with E-state index in [1.807, 2.05) is 30.3 Å². The molecular weight excluding hydrogens is 276 g/mol. The van der Waals surface area contributed by atoms with E-state index >= 15 is 0 Å². The molecule has 104 valence electrons. The maximum atomic E-state index is 11.7. The van der Waals surface area contributed by atoms with Crippen LogP contribution in [-0.4, -0.2) is 28.3 Å². The summed E-state index contributed by atoms with van der Waals surface area (Å²) in [7, 11) is 1.33. The fraction of sp³-hybridized carbons (Fsp3) is 0.214.